The minimum absolute atomic E-state index is 0.253. The molecule has 0 amide bonds. The van der Waals surface area contributed by atoms with Crippen LogP contribution in [0.2, 0.25) is 0 Å². The quantitative estimate of drug-likeness (QED) is 0.747. The second-order valence-electron chi connectivity index (χ2n) is 2.94. The van der Waals surface area contributed by atoms with Gasteiger partial charge >= 0.3 is 15.7 Å². The summed E-state index contributed by atoms with van der Waals surface area (Å²) in [5, 5.41) is 0. The van der Waals surface area contributed by atoms with Gasteiger partial charge in [-0.2, -0.15) is 13.2 Å². The van der Waals surface area contributed by atoms with Gasteiger partial charge in [-0.15, -0.1) is 0 Å². The van der Waals surface area contributed by atoms with Gasteiger partial charge in [0.05, 0.1) is 0 Å². The fraction of sp³-hybridized carbons (Fsp3) is 1.00. The number of hydrogen-bond acceptors (Lipinski definition) is 3. The highest BCUT2D eigenvalue weighted by atomic mass is 28.3. The third-order valence-electron chi connectivity index (χ3n) is 1.43. The lowest BCUT2D eigenvalue weighted by molar-refractivity contribution is -0.135. The predicted molar refractivity (Wildman–Crippen MR) is 58.2 cm³/mol. The van der Waals surface area contributed by atoms with E-state index in [0.29, 0.717) is 19.6 Å². The smallest absolute Gasteiger partial charge is 0.392 e. The molecule has 0 heterocycles. The number of halogens is 3. The molecule has 7 heteroatoms. The standard InChI is InChI=1S/C5H9F3.C4H12O3Si/c1-2-3-4-5(6,7)8;1-3-6-8(5)7-4-2/h2-4H2,1H3;5,8H,3-4H2,1-2H3. The van der Waals surface area contributed by atoms with Gasteiger partial charge in [0.2, 0.25) is 0 Å². The Labute approximate surface area is 96.5 Å². The second kappa shape index (κ2) is 11.4. The highest BCUT2D eigenvalue weighted by Gasteiger charge is 2.25. The Balaban J connectivity index is 0. The zero-order valence-corrected chi connectivity index (χ0v) is 11.2. The summed E-state index contributed by atoms with van der Waals surface area (Å²) in [6, 6.07) is 0. The van der Waals surface area contributed by atoms with Crippen molar-refractivity contribution in [2.75, 3.05) is 13.2 Å². The van der Waals surface area contributed by atoms with Crippen LogP contribution in [0.25, 0.3) is 0 Å². The molecule has 0 aliphatic heterocycles. The van der Waals surface area contributed by atoms with Crippen LogP contribution in [0.1, 0.15) is 40.0 Å². The zero-order chi connectivity index (χ0) is 13.0. The van der Waals surface area contributed by atoms with Crippen LogP contribution < -0.4 is 0 Å². The van der Waals surface area contributed by atoms with Crippen molar-refractivity contribution in [2.24, 2.45) is 0 Å². The lowest BCUT2D eigenvalue weighted by Crippen LogP contribution is -2.22. The number of unbranched alkanes of at least 4 members (excludes halogenated alkanes) is 1. The molecular weight excluding hydrogens is 241 g/mol. The van der Waals surface area contributed by atoms with E-state index in [2.05, 4.69) is 0 Å². The molecule has 1 N–H and O–H groups in total. The average Bonchev–Trinajstić information content (AvgIpc) is 2.15. The highest BCUT2D eigenvalue weighted by Crippen LogP contribution is 2.21. The maximum atomic E-state index is 11.2. The molecule has 0 unspecified atom stereocenters. The summed E-state index contributed by atoms with van der Waals surface area (Å²) < 4.78 is 43.2. The van der Waals surface area contributed by atoms with E-state index >= 15 is 0 Å². The maximum Gasteiger partial charge on any atom is 0.481 e. The van der Waals surface area contributed by atoms with Crippen molar-refractivity contribution < 1.29 is 26.8 Å². The van der Waals surface area contributed by atoms with Crippen LogP contribution in [0.5, 0.6) is 0 Å². The van der Waals surface area contributed by atoms with Gasteiger partial charge in [0.25, 0.3) is 0 Å². The van der Waals surface area contributed by atoms with Crippen molar-refractivity contribution in [3.8, 4) is 0 Å². The van der Waals surface area contributed by atoms with Crippen LogP contribution in [0, 0.1) is 0 Å². The number of rotatable bonds is 6. The third-order valence-corrected chi connectivity index (χ3v) is 2.67. The molecular formula is C9H21F3O3Si. The molecule has 3 nitrogen and oxygen atoms in total. The Bertz CT molecular complexity index is 138. The van der Waals surface area contributed by atoms with Crippen molar-refractivity contribution in [1.29, 1.82) is 0 Å². The molecule has 0 aliphatic rings. The molecule has 0 spiro atoms. The monoisotopic (exact) mass is 262 g/mol. The number of hydrogen-bond donors (Lipinski definition) is 1. The third kappa shape index (κ3) is 19.5. The van der Waals surface area contributed by atoms with E-state index in [1.165, 1.54) is 0 Å². The van der Waals surface area contributed by atoms with E-state index in [4.69, 9.17) is 13.6 Å². The predicted octanol–water partition coefficient (Wildman–Crippen LogP) is 2.51. The van der Waals surface area contributed by atoms with Gasteiger partial charge in [0, 0.05) is 19.6 Å². The Morgan fingerprint density at radius 1 is 1.06 bits per heavy atom. The molecule has 0 aromatic carbocycles. The Hall–Kier alpha value is -0.113. The first-order chi connectivity index (χ1) is 7.37. The van der Waals surface area contributed by atoms with Gasteiger partial charge in [0.1, 0.15) is 0 Å². The average molecular weight is 262 g/mol. The van der Waals surface area contributed by atoms with Crippen molar-refractivity contribution in [3.63, 3.8) is 0 Å². The molecule has 16 heavy (non-hydrogen) atoms. The summed E-state index contributed by atoms with van der Waals surface area (Å²) in [5.74, 6) is 0. The number of alkyl halides is 3. The van der Waals surface area contributed by atoms with Crippen LogP contribution in [0.3, 0.4) is 0 Å². The summed E-state index contributed by atoms with van der Waals surface area (Å²) >= 11 is 0. The van der Waals surface area contributed by atoms with Crippen LogP contribution in [0.15, 0.2) is 0 Å². The molecule has 0 aromatic rings. The van der Waals surface area contributed by atoms with Crippen LogP contribution in [0.4, 0.5) is 13.2 Å². The van der Waals surface area contributed by atoms with Gasteiger partial charge < -0.3 is 13.6 Å². The van der Waals surface area contributed by atoms with Crippen LogP contribution in [-0.2, 0) is 8.85 Å². The first-order valence-corrected chi connectivity index (χ1v) is 6.81. The van der Waals surface area contributed by atoms with Gasteiger partial charge in [-0.1, -0.05) is 13.3 Å². The van der Waals surface area contributed by atoms with Crippen LogP contribution >= 0.6 is 0 Å². The van der Waals surface area contributed by atoms with E-state index in [1.54, 1.807) is 6.92 Å². The van der Waals surface area contributed by atoms with E-state index in [9.17, 15) is 13.2 Å². The van der Waals surface area contributed by atoms with E-state index in [-0.39, 0.29) is 6.42 Å². The molecule has 0 radical (unpaired) electrons. The van der Waals surface area contributed by atoms with E-state index in [1.807, 2.05) is 13.8 Å². The fourth-order valence-corrected chi connectivity index (χ4v) is 1.38. The summed E-state index contributed by atoms with van der Waals surface area (Å²) in [4.78, 5) is 8.74. The Morgan fingerprint density at radius 2 is 1.50 bits per heavy atom. The normalized spacial score (nSPS) is 11.2. The summed E-state index contributed by atoms with van der Waals surface area (Å²) in [5.41, 5.74) is 0. The molecule has 0 rings (SSSR count). The minimum atomic E-state index is -3.95. The topological polar surface area (TPSA) is 38.7 Å². The minimum Gasteiger partial charge on any atom is -0.392 e. The largest absolute Gasteiger partial charge is 0.481 e. The van der Waals surface area contributed by atoms with Gasteiger partial charge in [-0.3, -0.25) is 0 Å². The SMILES string of the molecule is CCCCC(F)(F)F.CCO[SiH](O)OCC. The van der Waals surface area contributed by atoms with Crippen molar-refractivity contribution in [2.45, 2.75) is 46.2 Å². The first-order valence-electron chi connectivity index (χ1n) is 5.35. The summed E-state index contributed by atoms with van der Waals surface area (Å²) in [7, 11) is -2.20. The molecule has 0 aliphatic carbocycles. The van der Waals surface area contributed by atoms with Gasteiger partial charge in [0.15, 0.2) is 0 Å². The molecule has 0 bridgehead atoms. The van der Waals surface area contributed by atoms with Gasteiger partial charge in [-0.25, -0.2) is 0 Å². The van der Waals surface area contributed by atoms with Crippen LogP contribution in [-0.4, -0.2) is 33.7 Å². The zero-order valence-electron chi connectivity index (χ0n) is 10.0. The molecule has 0 saturated heterocycles. The van der Waals surface area contributed by atoms with Crippen molar-refractivity contribution in [3.05, 3.63) is 0 Å². The lowest BCUT2D eigenvalue weighted by atomic mass is 10.2. The Morgan fingerprint density at radius 3 is 1.69 bits per heavy atom. The summed E-state index contributed by atoms with van der Waals surface area (Å²) in [6.07, 6.45) is -3.72. The van der Waals surface area contributed by atoms with E-state index in [0.717, 1.165) is 0 Å². The molecule has 0 fully saturated rings. The molecule has 0 aromatic heterocycles. The lowest BCUT2D eigenvalue weighted by Gasteiger charge is -2.05. The van der Waals surface area contributed by atoms with Gasteiger partial charge in [-0.05, 0) is 20.3 Å². The molecule has 100 valence electrons. The molecule has 0 atom stereocenters. The molecule has 0 saturated carbocycles. The fourth-order valence-electron chi connectivity index (χ4n) is 0.710. The van der Waals surface area contributed by atoms with Crippen molar-refractivity contribution >= 4 is 9.53 Å². The van der Waals surface area contributed by atoms with E-state index < -0.39 is 22.1 Å². The highest BCUT2D eigenvalue weighted by molar-refractivity contribution is 6.34. The van der Waals surface area contributed by atoms with Crippen molar-refractivity contribution in [1.82, 2.24) is 0 Å². The maximum absolute atomic E-state index is 11.2. The first kappa shape index (κ1) is 18.3. The summed E-state index contributed by atoms with van der Waals surface area (Å²) in [6.45, 7) is 6.47. The Kier molecular flexibility index (Phi) is 13.0. The second-order valence-corrected chi connectivity index (χ2v) is 4.22.